The molecule has 0 aromatic heterocycles. The third-order valence-corrected chi connectivity index (χ3v) is 5.14. The average molecular weight is 251 g/mol. The van der Waals surface area contributed by atoms with Gasteiger partial charge in [-0.2, -0.15) is 0 Å². The first kappa shape index (κ1) is 12.4. The summed E-state index contributed by atoms with van der Waals surface area (Å²) in [6.07, 6.45) is 8.50. The van der Waals surface area contributed by atoms with Crippen LogP contribution in [0.5, 0.6) is 0 Å². The van der Waals surface area contributed by atoms with Crippen molar-refractivity contribution in [1.29, 1.82) is 5.41 Å². The van der Waals surface area contributed by atoms with Gasteiger partial charge in [-0.3, -0.25) is 10.3 Å². The zero-order chi connectivity index (χ0) is 12.6. The van der Waals surface area contributed by atoms with E-state index >= 15 is 0 Å². The van der Waals surface area contributed by atoms with Gasteiger partial charge in [0.25, 0.3) is 0 Å². The van der Waals surface area contributed by atoms with Gasteiger partial charge in [-0.25, -0.2) is 0 Å². The Morgan fingerprint density at radius 1 is 1.28 bits per heavy atom. The fourth-order valence-electron chi connectivity index (χ4n) is 3.83. The second-order valence-corrected chi connectivity index (χ2v) is 6.32. The first-order chi connectivity index (χ1) is 8.69. The average Bonchev–Trinajstić information content (AvgIpc) is 2.37. The van der Waals surface area contributed by atoms with Crippen molar-refractivity contribution in [3.63, 3.8) is 0 Å². The van der Waals surface area contributed by atoms with Crippen LogP contribution in [0.2, 0.25) is 0 Å². The van der Waals surface area contributed by atoms with Crippen molar-refractivity contribution in [2.45, 2.75) is 56.6 Å². The van der Waals surface area contributed by atoms with Crippen LogP contribution in [0.25, 0.3) is 0 Å². The van der Waals surface area contributed by atoms with E-state index in [9.17, 15) is 0 Å². The highest BCUT2D eigenvalue weighted by molar-refractivity contribution is 5.79. The van der Waals surface area contributed by atoms with Gasteiger partial charge in [0.1, 0.15) is 0 Å². The van der Waals surface area contributed by atoms with Crippen LogP contribution in [0.15, 0.2) is 0 Å². The summed E-state index contributed by atoms with van der Waals surface area (Å²) in [6.45, 7) is 3.10. The molecule has 3 N–H and O–H groups in total. The molecule has 0 amide bonds. The Labute approximate surface area is 109 Å². The van der Waals surface area contributed by atoms with Crippen LogP contribution in [0, 0.1) is 11.3 Å². The van der Waals surface area contributed by atoms with Crippen LogP contribution in [-0.2, 0) is 4.74 Å². The number of nitrogens with two attached hydrogens (primary N) is 1. The highest BCUT2D eigenvalue weighted by Gasteiger charge is 2.44. The first-order valence-corrected chi connectivity index (χ1v) is 7.40. The molecule has 18 heavy (non-hydrogen) atoms. The number of nitrogens with zero attached hydrogens (tertiary/aromatic N) is 1. The molecule has 0 aromatic rings. The van der Waals surface area contributed by atoms with Gasteiger partial charge < -0.3 is 10.5 Å². The largest absolute Gasteiger partial charge is 0.387 e. The number of nitrogens with one attached hydrogen (secondary N) is 1. The smallest absolute Gasteiger partial charge is 0.0949 e. The number of hydrogen-bond acceptors (Lipinski definition) is 3. The minimum atomic E-state index is 0.228. The molecule has 1 spiro atoms. The molecule has 2 aliphatic heterocycles. The molecular formula is C14H25N3O. The number of ether oxygens (including phenoxy) is 1. The van der Waals surface area contributed by atoms with E-state index in [0.29, 0.717) is 17.8 Å². The predicted molar refractivity (Wildman–Crippen MR) is 71.8 cm³/mol. The van der Waals surface area contributed by atoms with E-state index in [1.54, 1.807) is 0 Å². The minimum absolute atomic E-state index is 0.228. The molecule has 2 saturated heterocycles. The number of piperidine rings is 1. The van der Waals surface area contributed by atoms with E-state index < -0.39 is 0 Å². The summed E-state index contributed by atoms with van der Waals surface area (Å²) in [4.78, 5) is 2.58. The first-order valence-electron chi connectivity index (χ1n) is 7.40. The van der Waals surface area contributed by atoms with Crippen LogP contribution in [0.3, 0.4) is 0 Å². The zero-order valence-electron chi connectivity index (χ0n) is 11.2. The van der Waals surface area contributed by atoms with Gasteiger partial charge in [0.15, 0.2) is 0 Å². The van der Waals surface area contributed by atoms with Gasteiger partial charge >= 0.3 is 0 Å². The normalized spacial score (nSPS) is 36.2. The zero-order valence-corrected chi connectivity index (χ0v) is 11.2. The second-order valence-electron chi connectivity index (χ2n) is 6.32. The van der Waals surface area contributed by atoms with E-state index in [0.717, 1.165) is 26.0 Å². The molecule has 3 fully saturated rings. The summed E-state index contributed by atoms with van der Waals surface area (Å²) in [5.41, 5.74) is 5.91. The maximum Gasteiger partial charge on any atom is 0.0949 e. The number of likely N-dealkylation sites (tertiary alicyclic amines) is 1. The molecule has 3 rings (SSSR count). The lowest BCUT2D eigenvalue weighted by Gasteiger charge is -2.50. The van der Waals surface area contributed by atoms with Crippen molar-refractivity contribution in [2.24, 2.45) is 11.7 Å². The quantitative estimate of drug-likeness (QED) is 0.580. The fraction of sp³-hybridized carbons (Fsp3) is 0.929. The predicted octanol–water partition coefficient (Wildman–Crippen LogP) is 1.74. The topological polar surface area (TPSA) is 62.3 Å². The Kier molecular flexibility index (Phi) is 3.32. The molecule has 4 nitrogen and oxygen atoms in total. The Bertz CT molecular complexity index is 327. The van der Waals surface area contributed by atoms with E-state index in [-0.39, 0.29) is 5.60 Å². The van der Waals surface area contributed by atoms with Crippen molar-refractivity contribution >= 4 is 5.84 Å². The summed E-state index contributed by atoms with van der Waals surface area (Å²) in [5.74, 6) is 0.670. The summed E-state index contributed by atoms with van der Waals surface area (Å²) >= 11 is 0. The van der Waals surface area contributed by atoms with Gasteiger partial charge in [-0.15, -0.1) is 0 Å². The molecule has 3 aliphatic rings. The number of amidine groups is 1. The van der Waals surface area contributed by atoms with E-state index in [2.05, 4.69) is 4.90 Å². The number of hydrogen-bond donors (Lipinski definition) is 2. The lowest BCUT2D eigenvalue weighted by Crippen LogP contribution is -2.54. The summed E-state index contributed by atoms with van der Waals surface area (Å²) in [6, 6.07) is 0.668. The summed E-state index contributed by atoms with van der Waals surface area (Å²) < 4.78 is 6.00. The van der Waals surface area contributed by atoms with Gasteiger partial charge in [-0.05, 0) is 51.5 Å². The summed E-state index contributed by atoms with van der Waals surface area (Å²) in [5, 5.41) is 7.64. The molecule has 2 atom stereocenters. The molecule has 0 aromatic carbocycles. The Morgan fingerprint density at radius 3 is 2.78 bits per heavy atom. The molecular weight excluding hydrogens is 226 g/mol. The van der Waals surface area contributed by atoms with E-state index in [1.807, 2.05) is 0 Å². The van der Waals surface area contributed by atoms with Crippen molar-refractivity contribution < 1.29 is 4.74 Å². The van der Waals surface area contributed by atoms with Crippen molar-refractivity contribution in [1.82, 2.24) is 4.90 Å². The van der Waals surface area contributed by atoms with Crippen LogP contribution in [0.1, 0.15) is 44.9 Å². The van der Waals surface area contributed by atoms with Gasteiger partial charge in [0.2, 0.25) is 0 Å². The maximum atomic E-state index is 7.64. The lowest BCUT2D eigenvalue weighted by atomic mass is 9.73. The van der Waals surface area contributed by atoms with E-state index in [1.165, 1.54) is 38.6 Å². The molecule has 0 radical (unpaired) electrons. The Hall–Kier alpha value is -0.610. The van der Waals surface area contributed by atoms with Gasteiger partial charge in [-0.1, -0.05) is 0 Å². The van der Waals surface area contributed by atoms with E-state index in [4.69, 9.17) is 15.9 Å². The molecule has 2 heterocycles. The fourth-order valence-corrected chi connectivity index (χ4v) is 3.83. The maximum absolute atomic E-state index is 7.64. The number of rotatable bonds is 2. The standard InChI is InChI=1S/C14H25N3O/c15-13(16)11-3-1-7-17(10-11)12-4-8-18-14(9-12)5-2-6-14/h11-12H,1-10H2,(H3,15,16). The highest BCUT2D eigenvalue weighted by atomic mass is 16.5. The Balaban J connectivity index is 1.61. The van der Waals surface area contributed by atoms with Crippen molar-refractivity contribution in [2.75, 3.05) is 19.7 Å². The molecule has 0 bridgehead atoms. The third-order valence-electron chi connectivity index (χ3n) is 5.14. The van der Waals surface area contributed by atoms with Crippen LogP contribution in [0.4, 0.5) is 0 Å². The molecule has 1 aliphatic carbocycles. The summed E-state index contributed by atoms with van der Waals surface area (Å²) in [7, 11) is 0. The van der Waals surface area contributed by atoms with Crippen LogP contribution < -0.4 is 5.73 Å². The highest BCUT2D eigenvalue weighted by Crippen LogP contribution is 2.43. The monoisotopic (exact) mass is 251 g/mol. The van der Waals surface area contributed by atoms with Crippen molar-refractivity contribution in [3.8, 4) is 0 Å². The van der Waals surface area contributed by atoms with Crippen LogP contribution >= 0.6 is 0 Å². The minimum Gasteiger partial charge on any atom is -0.387 e. The van der Waals surface area contributed by atoms with Gasteiger partial charge in [0.05, 0.1) is 11.4 Å². The molecule has 4 heteroatoms. The second kappa shape index (κ2) is 4.82. The third kappa shape index (κ3) is 2.28. The van der Waals surface area contributed by atoms with Crippen LogP contribution in [-0.4, -0.2) is 42.1 Å². The SMILES string of the molecule is N=C(N)C1CCCN(C2CCOC3(CCC3)C2)C1. The lowest BCUT2D eigenvalue weighted by molar-refractivity contribution is -0.150. The molecule has 102 valence electrons. The van der Waals surface area contributed by atoms with Gasteiger partial charge in [0, 0.05) is 25.1 Å². The molecule has 2 unspecified atom stereocenters. The van der Waals surface area contributed by atoms with Crippen molar-refractivity contribution in [3.05, 3.63) is 0 Å². The Morgan fingerprint density at radius 2 is 2.11 bits per heavy atom. The molecule has 1 saturated carbocycles.